The molecule has 0 bridgehead atoms. The lowest BCUT2D eigenvalue weighted by Crippen LogP contribution is -2.36. The molecule has 0 saturated carbocycles. The van der Waals surface area contributed by atoms with Crippen molar-refractivity contribution in [3.8, 4) is 17.2 Å². The fourth-order valence-electron chi connectivity index (χ4n) is 4.18. The molecule has 0 spiro atoms. The van der Waals surface area contributed by atoms with Crippen LogP contribution >= 0.6 is 0 Å². The minimum Gasteiger partial charge on any atom is -0.493 e. The van der Waals surface area contributed by atoms with E-state index in [1.54, 1.807) is 86.6 Å². The van der Waals surface area contributed by atoms with E-state index in [1.807, 2.05) is 6.79 Å². The molecule has 3 rings (SSSR count). The summed E-state index contributed by atoms with van der Waals surface area (Å²) in [4.78, 5) is 74.8. The standard InChI is InChI=1S/C15H18O5.C13H16O4.C12H16O4.CH2O.CH4/c1-11(17)20-15(2,3)14(18)12-5-7-13(8-6-12)19-10-4-9-16;1-13(2,16)12(15)10-4-6-11(7-5-10)17-9-3-8-14;1-12(2,15)11(14)9-3-5-10(6-4-9)16-8-7-13;1-2;/h5-9H,4,10H2,1-3H3;4-8,16H,3,9H2,1-2H3;3-6,13,15H,7-8H2,1-2H3;1H2;1H4. The second kappa shape index (κ2) is 26.3. The first-order valence-corrected chi connectivity index (χ1v) is 17.0. The first kappa shape index (κ1) is 52.5. The highest BCUT2D eigenvalue weighted by molar-refractivity contribution is 6.03. The normalized spacial score (nSPS) is 10.5. The smallest absolute Gasteiger partial charge is 0.303 e. The number of carbonyl (C=O) groups is 7. The molecule has 14 nitrogen and oxygen atoms in total. The number of aliphatic hydroxyl groups excluding tert-OH is 1. The molecule has 0 heterocycles. The molecule has 0 amide bonds. The number of Topliss-reactive ketones (excluding diaryl/α,β-unsaturated/α-hetero) is 3. The van der Waals surface area contributed by atoms with E-state index in [2.05, 4.69) is 0 Å². The average Bonchev–Trinajstić information content (AvgIpc) is 3.14. The fourth-order valence-corrected chi connectivity index (χ4v) is 4.18. The number of esters is 1. The summed E-state index contributed by atoms with van der Waals surface area (Å²) in [5.74, 6) is 0.302. The summed E-state index contributed by atoms with van der Waals surface area (Å²) in [5.41, 5.74) is -2.65. The van der Waals surface area contributed by atoms with E-state index in [-0.39, 0.29) is 38.0 Å². The van der Waals surface area contributed by atoms with E-state index in [0.29, 0.717) is 60.0 Å². The number of ether oxygens (including phenoxy) is 4. The molecule has 0 aliphatic heterocycles. The second-order valence-corrected chi connectivity index (χ2v) is 13.0. The highest BCUT2D eigenvalue weighted by atomic mass is 16.6. The lowest BCUT2D eigenvalue weighted by molar-refractivity contribution is -0.149. The first-order valence-electron chi connectivity index (χ1n) is 17.0. The molecule has 3 N–H and O–H groups in total. The Labute approximate surface area is 328 Å². The zero-order valence-electron chi connectivity index (χ0n) is 32.4. The van der Waals surface area contributed by atoms with Crippen molar-refractivity contribution < 1.29 is 67.8 Å². The van der Waals surface area contributed by atoms with E-state index >= 15 is 0 Å². The molecule has 0 aliphatic carbocycles. The summed E-state index contributed by atoms with van der Waals surface area (Å²) < 4.78 is 20.7. The number of aldehydes is 2. The summed E-state index contributed by atoms with van der Waals surface area (Å²) in [6.45, 7) is 12.9. The number of rotatable bonds is 18. The number of benzene rings is 3. The molecule has 3 aromatic rings. The monoisotopic (exact) mass is 784 g/mol. The number of ketones is 3. The van der Waals surface area contributed by atoms with Crippen molar-refractivity contribution in [1.29, 1.82) is 0 Å². The number of carbonyl (C=O) groups excluding carboxylic acids is 7. The van der Waals surface area contributed by atoms with Gasteiger partial charge in [0.25, 0.3) is 0 Å². The first-order chi connectivity index (χ1) is 25.8. The van der Waals surface area contributed by atoms with Crippen LogP contribution in [-0.2, 0) is 23.9 Å². The van der Waals surface area contributed by atoms with Crippen molar-refractivity contribution in [2.45, 2.75) is 85.5 Å². The Morgan fingerprint density at radius 1 is 0.571 bits per heavy atom. The summed E-state index contributed by atoms with van der Waals surface area (Å²) >= 11 is 0. The Kier molecular flexibility index (Phi) is 24.6. The number of hydrogen-bond acceptors (Lipinski definition) is 14. The minimum absolute atomic E-state index is 0. The third-order valence-electron chi connectivity index (χ3n) is 6.78. The largest absolute Gasteiger partial charge is 0.493 e. The fraction of sp³-hybridized carbons (Fsp3) is 0.405. The number of hydrogen-bond donors (Lipinski definition) is 3. The summed E-state index contributed by atoms with van der Waals surface area (Å²) in [6.07, 6.45) is 2.22. The maximum absolute atomic E-state index is 12.2. The van der Waals surface area contributed by atoms with Crippen LogP contribution < -0.4 is 14.2 Å². The van der Waals surface area contributed by atoms with Gasteiger partial charge in [0.2, 0.25) is 5.78 Å². The summed E-state index contributed by atoms with van der Waals surface area (Å²) in [6, 6.07) is 19.4. The van der Waals surface area contributed by atoms with Gasteiger partial charge >= 0.3 is 5.97 Å². The van der Waals surface area contributed by atoms with Gasteiger partial charge in [0.05, 0.1) is 19.8 Å². The molecule has 0 atom stereocenters. The van der Waals surface area contributed by atoms with Gasteiger partial charge in [0.1, 0.15) is 54.4 Å². The Balaban J connectivity index is 0. The Hall–Kier alpha value is -5.57. The van der Waals surface area contributed by atoms with Gasteiger partial charge in [-0.2, -0.15) is 0 Å². The van der Waals surface area contributed by atoms with Crippen LogP contribution in [0.4, 0.5) is 0 Å². The molecule has 56 heavy (non-hydrogen) atoms. The Morgan fingerprint density at radius 3 is 1.11 bits per heavy atom. The molecule has 0 aliphatic rings. The minimum atomic E-state index is -1.38. The van der Waals surface area contributed by atoms with Crippen molar-refractivity contribution in [3.63, 3.8) is 0 Å². The molecule has 0 unspecified atom stereocenters. The molecule has 14 heteroatoms. The predicted molar refractivity (Wildman–Crippen MR) is 210 cm³/mol. The second-order valence-electron chi connectivity index (χ2n) is 13.0. The number of aliphatic hydroxyl groups is 3. The van der Waals surface area contributed by atoms with E-state index < -0.39 is 22.8 Å². The van der Waals surface area contributed by atoms with Crippen LogP contribution in [0, 0.1) is 0 Å². The maximum Gasteiger partial charge on any atom is 0.303 e. The third-order valence-corrected chi connectivity index (χ3v) is 6.78. The van der Waals surface area contributed by atoms with E-state index in [0.717, 1.165) is 12.6 Å². The van der Waals surface area contributed by atoms with Gasteiger partial charge in [-0.1, -0.05) is 7.43 Å². The van der Waals surface area contributed by atoms with Gasteiger partial charge in [-0.3, -0.25) is 19.2 Å². The zero-order chi connectivity index (χ0) is 42.2. The molecular weight excluding hydrogens is 728 g/mol. The van der Waals surface area contributed by atoms with Crippen molar-refractivity contribution in [3.05, 3.63) is 89.5 Å². The average molecular weight is 785 g/mol. The van der Waals surface area contributed by atoms with Crippen LogP contribution in [0.15, 0.2) is 72.8 Å². The molecule has 3 aromatic carbocycles. The van der Waals surface area contributed by atoms with Gasteiger partial charge in [-0.25, -0.2) is 0 Å². The van der Waals surface area contributed by atoms with Crippen molar-refractivity contribution in [2.75, 3.05) is 26.4 Å². The van der Waals surface area contributed by atoms with Gasteiger partial charge < -0.3 is 48.7 Å². The van der Waals surface area contributed by atoms with Crippen molar-refractivity contribution >= 4 is 42.7 Å². The SMILES string of the molecule is C.C=O.CC(=O)OC(C)(C)C(=O)c1ccc(OCCC=O)cc1.CC(C)(O)C(=O)c1ccc(OCCC=O)cc1.CC(C)(O)C(=O)c1ccc(OCCO)cc1. The highest BCUT2D eigenvalue weighted by Crippen LogP contribution is 2.21. The maximum atomic E-state index is 12.2. The molecule has 0 aromatic heterocycles. The summed E-state index contributed by atoms with van der Waals surface area (Å²) in [7, 11) is 0. The lowest BCUT2D eigenvalue weighted by atomic mass is 9.96. The Morgan fingerprint density at radius 2 is 0.857 bits per heavy atom. The van der Waals surface area contributed by atoms with Crippen LogP contribution in [0.25, 0.3) is 0 Å². The van der Waals surface area contributed by atoms with E-state index in [4.69, 9.17) is 28.8 Å². The van der Waals surface area contributed by atoms with Crippen LogP contribution in [0.1, 0.15) is 99.8 Å². The molecule has 0 saturated heterocycles. The van der Waals surface area contributed by atoms with E-state index in [1.165, 1.54) is 34.6 Å². The zero-order valence-corrected chi connectivity index (χ0v) is 32.4. The van der Waals surface area contributed by atoms with Gasteiger partial charge in [0.15, 0.2) is 17.2 Å². The Bertz CT molecular complexity index is 1630. The third kappa shape index (κ3) is 20.2. The topological polar surface area (TPSA) is 217 Å². The van der Waals surface area contributed by atoms with Gasteiger partial charge in [-0.15, -0.1) is 0 Å². The molecular formula is C42H56O14. The van der Waals surface area contributed by atoms with E-state index in [9.17, 15) is 39.0 Å². The van der Waals surface area contributed by atoms with Crippen LogP contribution in [0.3, 0.4) is 0 Å². The van der Waals surface area contributed by atoms with Crippen LogP contribution in [-0.4, -0.2) is 101 Å². The molecule has 0 radical (unpaired) electrons. The van der Waals surface area contributed by atoms with Crippen molar-refractivity contribution in [1.82, 2.24) is 0 Å². The van der Waals surface area contributed by atoms with Gasteiger partial charge in [-0.05, 0) is 114 Å². The van der Waals surface area contributed by atoms with Gasteiger partial charge in [0, 0.05) is 36.5 Å². The highest BCUT2D eigenvalue weighted by Gasteiger charge is 2.32. The molecule has 308 valence electrons. The molecule has 0 fully saturated rings. The van der Waals surface area contributed by atoms with Crippen LogP contribution in [0.2, 0.25) is 0 Å². The van der Waals surface area contributed by atoms with Crippen molar-refractivity contribution in [2.24, 2.45) is 0 Å². The predicted octanol–water partition coefficient (Wildman–Crippen LogP) is 5.25. The summed E-state index contributed by atoms with van der Waals surface area (Å²) in [5, 5.41) is 27.7. The van der Waals surface area contributed by atoms with Crippen LogP contribution in [0.5, 0.6) is 17.2 Å². The lowest BCUT2D eigenvalue weighted by Gasteiger charge is -2.22. The quantitative estimate of drug-likeness (QED) is 0.0650.